The minimum atomic E-state index is -0.462. The van der Waals surface area contributed by atoms with Gasteiger partial charge in [0.15, 0.2) is 0 Å². The molecule has 1 aromatic rings. The molecule has 0 spiro atoms. The molecule has 0 bridgehead atoms. The fourth-order valence-electron chi connectivity index (χ4n) is 2.82. The van der Waals surface area contributed by atoms with Crippen molar-refractivity contribution in [2.75, 3.05) is 13.1 Å². The number of ether oxygens (including phenoxy) is 1. The van der Waals surface area contributed by atoms with Gasteiger partial charge in [0.05, 0.1) is 0 Å². The monoisotopic (exact) mass is 320 g/mol. The van der Waals surface area contributed by atoms with Gasteiger partial charge in [-0.3, -0.25) is 0 Å². The zero-order chi connectivity index (χ0) is 17.0. The lowest BCUT2D eigenvalue weighted by molar-refractivity contribution is 0.0184. The molecule has 1 aromatic carbocycles. The molecule has 2 N–H and O–H groups in total. The first-order valence-electron chi connectivity index (χ1n) is 8.27. The van der Waals surface area contributed by atoms with Crippen LogP contribution >= 0.6 is 0 Å². The van der Waals surface area contributed by atoms with Gasteiger partial charge in [-0.2, -0.15) is 0 Å². The number of hydrogen-bond acceptors (Lipinski definition) is 4. The third-order valence-electron chi connectivity index (χ3n) is 3.95. The molecule has 0 aliphatic carbocycles. The van der Waals surface area contributed by atoms with Crippen molar-refractivity contribution in [2.24, 2.45) is 0 Å². The molecule has 2 unspecified atom stereocenters. The van der Waals surface area contributed by atoms with Crippen LogP contribution in [-0.4, -0.2) is 40.8 Å². The normalized spacial score (nSPS) is 20.2. The Kier molecular flexibility index (Phi) is 5.52. The second kappa shape index (κ2) is 7.21. The minimum absolute atomic E-state index is 0.166. The van der Waals surface area contributed by atoms with Crippen molar-refractivity contribution in [3.05, 3.63) is 29.8 Å². The van der Waals surface area contributed by atoms with Gasteiger partial charge in [-0.1, -0.05) is 12.1 Å². The van der Waals surface area contributed by atoms with E-state index in [2.05, 4.69) is 12.2 Å². The van der Waals surface area contributed by atoms with Crippen LogP contribution in [0.25, 0.3) is 0 Å². The Labute approximate surface area is 138 Å². The van der Waals surface area contributed by atoms with E-state index in [-0.39, 0.29) is 23.9 Å². The third-order valence-corrected chi connectivity index (χ3v) is 3.95. The van der Waals surface area contributed by atoms with Gasteiger partial charge in [0, 0.05) is 25.2 Å². The highest BCUT2D eigenvalue weighted by molar-refractivity contribution is 5.68. The van der Waals surface area contributed by atoms with Crippen LogP contribution in [0.2, 0.25) is 0 Å². The van der Waals surface area contributed by atoms with Gasteiger partial charge in [-0.25, -0.2) is 4.79 Å². The first-order chi connectivity index (χ1) is 10.7. The molecular formula is C18H28N2O3. The largest absolute Gasteiger partial charge is 0.508 e. The standard InChI is InChI=1S/C18H28N2O3/c1-13(14-7-9-16(21)10-8-14)19-15-6-5-11-20(12-15)17(22)23-18(2,3)4/h7-10,13,15,19,21H,5-6,11-12H2,1-4H3. The number of rotatable bonds is 3. The lowest BCUT2D eigenvalue weighted by atomic mass is 10.0. The average Bonchev–Trinajstić information content (AvgIpc) is 2.46. The van der Waals surface area contributed by atoms with Crippen LogP contribution in [0.5, 0.6) is 5.75 Å². The van der Waals surface area contributed by atoms with Gasteiger partial charge in [0.2, 0.25) is 0 Å². The minimum Gasteiger partial charge on any atom is -0.508 e. The van der Waals surface area contributed by atoms with E-state index in [1.54, 1.807) is 17.0 Å². The molecule has 0 aromatic heterocycles. The number of piperidine rings is 1. The molecule has 5 nitrogen and oxygen atoms in total. The molecule has 1 fully saturated rings. The zero-order valence-electron chi connectivity index (χ0n) is 14.5. The lowest BCUT2D eigenvalue weighted by Gasteiger charge is -2.35. The quantitative estimate of drug-likeness (QED) is 0.895. The number of amides is 1. The summed E-state index contributed by atoms with van der Waals surface area (Å²) in [5.74, 6) is 0.273. The van der Waals surface area contributed by atoms with E-state index >= 15 is 0 Å². The van der Waals surface area contributed by atoms with Gasteiger partial charge >= 0.3 is 6.09 Å². The SMILES string of the molecule is CC(NC1CCCN(C(=O)OC(C)(C)C)C1)c1ccc(O)cc1. The Morgan fingerprint density at radius 1 is 1.35 bits per heavy atom. The number of carbonyl (C=O) groups excluding carboxylic acids is 1. The van der Waals surface area contributed by atoms with Crippen molar-refractivity contribution in [2.45, 2.75) is 58.2 Å². The van der Waals surface area contributed by atoms with Crippen LogP contribution in [-0.2, 0) is 4.74 Å². The Morgan fingerprint density at radius 2 is 2.00 bits per heavy atom. The van der Waals surface area contributed by atoms with Crippen LogP contribution < -0.4 is 5.32 Å². The molecular weight excluding hydrogens is 292 g/mol. The van der Waals surface area contributed by atoms with Crippen molar-refractivity contribution in [3.63, 3.8) is 0 Å². The van der Waals surface area contributed by atoms with Crippen LogP contribution in [0.1, 0.15) is 52.1 Å². The Hall–Kier alpha value is -1.75. The second-order valence-corrected chi connectivity index (χ2v) is 7.25. The van der Waals surface area contributed by atoms with Crippen LogP contribution in [0.15, 0.2) is 24.3 Å². The number of carbonyl (C=O) groups is 1. The molecule has 5 heteroatoms. The van der Waals surface area contributed by atoms with E-state index in [4.69, 9.17) is 4.74 Å². The molecule has 1 aliphatic heterocycles. The summed E-state index contributed by atoms with van der Waals surface area (Å²) in [7, 11) is 0. The summed E-state index contributed by atoms with van der Waals surface area (Å²) in [4.78, 5) is 14.0. The number of hydrogen-bond donors (Lipinski definition) is 2. The van der Waals surface area contributed by atoms with E-state index in [0.29, 0.717) is 6.54 Å². The maximum Gasteiger partial charge on any atom is 0.410 e. The number of phenolic OH excluding ortho intramolecular Hbond substituents is 1. The van der Waals surface area contributed by atoms with E-state index < -0.39 is 5.60 Å². The molecule has 128 valence electrons. The zero-order valence-corrected chi connectivity index (χ0v) is 14.5. The van der Waals surface area contributed by atoms with E-state index in [0.717, 1.165) is 24.9 Å². The maximum atomic E-state index is 12.2. The molecule has 1 heterocycles. The molecule has 1 amide bonds. The van der Waals surface area contributed by atoms with Gasteiger partial charge in [-0.05, 0) is 58.2 Å². The van der Waals surface area contributed by atoms with Gasteiger partial charge < -0.3 is 20.1 Å². The number of nitrogens with zero attached hydrogens (tertiary/aromatic N) is 1. The average molecular weight is 320 g/mol. The topological polar surface area (TPSA) is 61.8 Å². The fraction of sp³-hybridized carbons (Fsp3) is 0.611. The first kappa shape index (κ1) is 17.6. The summed E-state index contributed by atoms with van der Waals surface area (Å²) >= 11 is 0. The fourth-order valence-corrected chi connectivity index (χ4v) is 2.82. The van der Waals surface area contributed by atoms with Gasteiger partial charge in [0.1, 0.15) is 11.4 Å². The summed E-state index contributed by atoms with van der Waals surface area (Å²) in [5.41, 5.74) is 0.661. The predicted octanol–water partition coefficient (Wildman–Crippen LogP) is 3.44. The predicted molar refractivity (Wildman–Crippen MR) is 90.5 cm³/mol. The third kappa shape index (κ3) is 5.43. The highest BCUT2D eigenvalue weighted by atomic mass is 16.6. The molecule has 1 aliphatic rings. The van der Waals surface area contributed by atoms with E-state index in [1.165, 1.54) is 0 Å². The van der Waals surface area contributed by atoms with Crippen molar-refractivity contribution in [1.82, 2.24) is 10.2 Å². The van der Waals surface area contributed by atoms with E-state index in [9.17, 15) is 9.90 Å². The number of phenols is 1. The molecule has 1 saturated heterocycles. The van der Waals surface area contributed by atoms with Crippen LogP contribution in [0.4, 0.5) is 4.79 Å². The highest BCUT2D eigenvalue weighted by Gasteiger charge is 2.28. The summed E-state index contributed by atoms with van der Waals surface area (Å²) in [6.45, 7) is 9.17. The van der Waals surface area contributed by atoms with Gasteiger partial charge in [0.25, 0.3) is 0 Å². The Bertz CT molecular complexity index is 522. The Morgan fingerprint density at radius 3 is 2.61 bits per heavy atom. The smallest absolute Gasteiger partial charge is 0.410 e. The highest BCUT2D eigenvalue weighted by Crippen LogP contribution is 2.20. The van der Waals surface area contributed by atoms with Gasteiger partial charge in [-0.15, -0.1) is 0 Å². The molecule has 2 rings (SSSR count). The summed E-state index contributed by atoms with van der Waals surface area (Å²) in [5, 5.41) is 12.9. The van der Waals surface area contributed by atoms with E-state index in [1.807, 2.05) is 32.9 Å². The first-order valence-corrected chi connectivity index (χ1v) is 8.27. The molecule has 23 heavy (non-hydrogen) atoms. The summed E-state index contributed by atoms with van der Waals surface area (Å²) < 4.78 is 5.46. The Balaban J connectivity index is 1.90. The lowest BCUT2D eigenvalue weighted by Crippen LogP contribution is -2.49. The van der Waals surface area contributed by atoms with Crippen molar-refractivity contribution in [3.8, 4) is 5.75 Å². The number of nitrogens with one attached hydrogen (secondary N) is 1. The van der Waals surface area contributed by atoms with Crippen molar-refractivity contribution in [1.29, 1.82) is 0 Å². The van der Waals surface area contributed by atoms with Crippen LogP contribution in [0.3, 0.4) is 0 Å². The van der Waals surface area contributed by atoms with Crippen LogP contribution in [0, 0.1) is 0 Å². The molecule has 2 atom stereocenters. The second-order valence-electron chi connectivity index (χ2n) is 7.25. The maximum absolute atomic E-state index is 12.2. The van der Waals surface area contributed by atoms with Crippen molar-refractivity contribution >= 4 is 6.09 Å². The number of benzene rings is 1. The van der Waals surface area contributed by atoms with Crippen molar-refractivity contribution < 1.29 is 14.6 Å². The number of aromatic hydroxyl groups is 1. The summed E-state index contributed by atoms with van der Waals surface area (Å²) in [6, 6.07) is 7.64. The number of likely N-dealkylation sites (tertiary alicyclic amines) is 1. The molecule has 0 saturated carbocycles. The summed E-state index contributed by atoms with van der Waals surface area (Å²) in [6.07, 6.45) is 1.78. The molecule has 0 radical (unpaired) electrons.